The zero-order valence-electron chi connectivity index (χ0n) is 57.6. The number of aromatic nitrogens is 4. The molecule has 4 aromatic carbocycles. The van der Waals surface area contributed by atoms with Crippen LogP contribution in [0.1, 0.15) is 57.8 Å². The number of nitrogens with zero attached hydrogens (tertiary/aromatic N) is 14. The van der Waals surface area contributed by atoms with Crippen LogP contribution in [0.25, 0.3) is 0 Å². The zero-order chi connectivity index (χ0) is 72.3. The largest absolute Gasteiger partial charge is 0.465 e. The van der Waals surface area contributed by atoms with Gasteiger partial charge in [-0.05, 0) is 119 Å². The van der Waals surface area contributed by atoms with Gasteiger partial charge in [0.05, 0.1) is 22.7 Å². The first-order valence-corrected chi connectivity index (χ1v) is 33.2. The number of ether oxygens (including phenoxy) is 1. The topological polar surface area (TPSA) is 241 Å². The van der Waals surface area contributed by atoms with Gasteiger partial charge >= 0.3 is 17.3 Å². The first-order valence-electron chi connectivity index (χ1n) is 33.2. The van der Waals surface area contributed by atoms with Crippen LogP contribution in [0.2, 0.25) is 0 Å². The van der Waals surface area contributed by atoms with Crippen LogP contribution in [0.15, 0.2) is 201 Å². The number of aryl methyl sites for hydroxylation is 2. The van der Waals surface area contributed by atoms with Crippen LogP contribution in [-0.4, -0.2) is 184 Å². The summed E-state index contributed by atoms with van der Waals surface area (Å²) in [6, 6.07) is 53.5. The molecule has 2 atom stereocenters. The van der Waals surface area contributed by atoms with Gasteiger partial charge in [0.15, 0.2) is 0 Å². The molecule has 4 aromatic heterocycles. The van der Waals surface area contributed by atoms with Crippen molar-refractivity contribution in [2.45, 2.75) is 39.8 Å². The molecule has 23 heteroatoms. The molecule has 12 rings (SSSR count). The monoisotopic (exact) mass is 1370 g/mol. The molecule has 0 radical (unpaired) electrons. The summed E-state index contributed by atoms with van der Waals surface area (Å²) in [6.07, 6.45) is 3.24. The van der Waals surface area contributed by atoms with E-state index in [4.69, 9.17) is 4.74 Å². The number of esters is 1. The number of benzene rings is 4. The molecular weight excluding hydrogens is 1290 g/mol. The number of carbonyl (C=O) groups excluding carboxylic acids is 4. The first kappa shape index (κ1) is 73.4. The van der Waals surface area contributed by atoms with Gasteiger partial charge in [-0.25, -0.2) is 24.7 Å². The molecule has 4 fully saturated rings. The number of piperazine rings is 4. The highest BCUT2D eigenvalue weighted by Crippen LogP contribution is 2.31. The lowest BCUT2D eigenvalue weighted by Gasteiger charge is -2.43. The van der Waals surface area contributed by atoms with Crippen molar-refractivity contribution in [2.75, 3.05) is 118 Å². The molecule has 0 saturated carbocycles. The number of pyridine rings is 4. The summed E-state index contributed by atoms with van der Waals surface area (Å²) in [5.41, 5.74) is 6.40. The summed E-state index contributed by atoms with van der Waals surface area (Å²) in [5, 5.41) is 22.5. The van der Waals surface area contributed by atoms with Gasteiger partial charge in [0.25, 0.3) is 17.7 Å². The molecule has 518 valence electrons. The summed E-state index contributed by atoms with van der Waals surface area (Å²) in [4.78, 5) is 103. The predicted molar refractivity (Wildman–Crippen MR) is 393 cm³/mol. The fraction of sp³-hybridized carbons (Fsp3) is 0.266. The van der Waals surface area contributed by atoms with E-state index in [1.165, 1.54) is 19.2 Å². The van der Waals surface area contributed by atoms with Crippen molar-refractivity contribution in [1.82, 2.24) is 39.5 Å². The van der Waals surface area contributed by atoms with Gasteiger partial charge in [0.1, 0.15) is 17.2 Å². The molecular formula is C79H78N14O9. The minimum Gasteiger partial charge on any atom is -0.465 e. The molecule has 102 heavy (non-hydrogen) atoms. The van der Waals surface area contributed by atoms with Gasteiger partial charge in [-0.15, -0.1) is 0 Å². The van der Waals surface area contributed by atoms with Crippen LogP contribution in [0.3, 0.4) is 0 Å². The van der Waals surface area contributed by atoms with Gasteiger partial charge < -0.3 is 43.9 Å². The standard InChI is InChI=1S/C21H21N3O2.C20H20N4O3.C19H18N4O3.C19H19N3O/c1-17(10-11-18-7-4-3-5-8-18)23-13-15-24(16-14-23)20-19(21(25)26-2)9-6-12-22-20;1-15-14-23(20-18(24(26)27)9-6-12-21-20)16(2)13-22(15)19(25)11-10-17-7-4-3-5-8-17;1-15-7-9-17(23(25)26)19(20-15)22-13-11-21(12-14-22)18(24)10-8-16-5-3-2-4-6-16;1-16-6-5-9-18(20-16)21-12-14-22(15-13-21)19(23)11-10-17-7-3-2-4-8-17/h3-9,12H,1,13-16H2,2H3;3-9,12,15-16H,13-14H2,1-2H3;2-7,9H,11-14H2,1H3;2-9H,12-15H2,1H3. The van der Waals surface area contributed by atoms with Crippen LogP contribution in [-0.2, 0) is 19.1 Å². The Morgan fingerprint density at radius 3 is 1.37 bits per heavy atom. The number of nitro groups is 2. The molecule has 8 heterocycles. The maximum Gasteiger partial charge on any atom is 0.341 e. The number of carbonyl (C=O) groups is 4. The highest BCUT2D eigenvalue weighted by Gasteiger charge is 2.35. The second-order valence-electron chi connectivity index (χ2n) is 23.9. The highest BCUT2D eigenvalue weighted by molar-refractivity contribution is 5.96. The second kappa shape index (κ2) is 36.6. The molecule has 4 aliphatic rings. The third kappa shape index (κ3) is 20.8. The van der Waals surface area contributed by atoms with Gasteiger partial charge in [-0.3, -0.25) is 34.6 Å². The van der Waals surface area contributed by atoms with E-state index in [0.29, 0.717) is 75.4 Å². The maximum absolute atomic E-state index is 12.6. The Labute approximate surface area is 594 Å². The number of amides is 3. The molecule has 4 aliphatic heterocycles. The summed E-state index contributed by atoms with van der Waals surface area (Å²) in [7, 11) is 1.38. The average Bonchev–Trinajstić information content (AvgIpc) is 0.799. The minimum atomic E-state index is -0.428. The average molecular weight is 1370 g/mol. The zero-order valence-corrected chi connectivity index (χ0v) is 57.6. The smallest absolute Gasteiger partial charge is 0.341 e. The van der Waals surface area contributed by atoms with E-state index in [1.54, 1.807) is 53.4 Å². The van der Waals surface area contributed by atoms with Crippen LogP contribution in [0, 0.1) is 81.4 Å². The van der Waals surface area contributed by atoms with Crippen LogP contribution in [0.5, 0.6) is 0 Å². The van der Waals surface area contributed by atoms with Crippen molar-refractivity contribution in [1.29, 1.82) is 0 Å². The summed E-state index contributed by atoms with van der Waals surface area (Å²) in [6.45, 7) is 20.4. The van der Waals surface area contributed by atoms with Gasteiger partial charge in [-0.2, -0.15) is 0 Å². The fourth-order valence-electron chi connectivity index (χ4n) is 11.4. The van der Waals surface area contributed by atoms with Crippen molar-refractivity contribution in [3.05, 3.63) is 260 Å². The molecule has 4 saturated heterocycles. The molecule has 8 aromatic rings. The van der Waals surface area contributed by atoms with Crippen LogP contribution in [0.4, 0.5) is 34.6 Å². The molecule has 2 unspecified atom stereocenters. The Morgan fingerprint density at radius 2 is 0.882 bits per heavy atom. The molecule has 3 amide bonds. The Kier molecular flexibility index (Phi) is 26.4. The van der Waals surface area contributed by atoms with E-state index in [2.05, 4.69) is 88.6 Å². The van der Waals surface area contributed by atoms with Crippen molar-refractivity contribution < 1.29 is 33.8 Å². The van der Waals surface area contributed by atoms with Crippen LogP contribution >= 0.6 is 0 Å². The van der Waals surface area contributed by atoms with Crippen LogP contribution < -0.4 is 19.6 Å². The minimum absolute atomic E-state index is 0.0146. The third-order valence-corrected chi connectivity index (χ3v) is 16.8. The van der Waals surface area contributed by atoms with Crippen molar-refractivity contribution in [3.8, 4) is 47.4 Å². The Morgan fingerprint density at radius 1 is 0.451 bits per heavy atom. The molecule has 0 bridgehead atoms. The number of rotatable bonds is 8. The molecule has 0 aliphatic carbocycles. The summed E-state index contributed by atoms with van der Waals surface area (Å²) >= 11 is 0. The van der Waals surface area contributed by atoms with Crippen molar-refractivity contribution >= 4 is 58.3 Å². The number of hydrogen-bond donors (Lipinski definition) is 0. The quantitative estimate of drug-likeness (QED) is 0.0596. The van der Waals surface area contributed by atoms with Crippen molar-refractivity contribution in [3.63, 3.8) is 0 Å². The number of methoxy groups -OCH3 is 1. The van der Waals surface area contributed by atoms with E-state index in [0.717, 1.165) is 84.4 Å². The molecule has 0 spiro atoms. The van der Waals surface area contributed by atoms with E-state index in [9.17, 15) is 39.4 Å². The van der Waals surface area contributed by atoms with Gasteiger partial charge in [0, 0.05) is 180 Å². The molecule has 0 N–H and O–H groups in total. The SMILES string of the molecule is C=C(C#Cc1ccccc1)N1CCN(c2ncccc2C(=O)OC)CC1.CC1CN(c2ncccc2[N+](=O)[O-])C(C)CN1C(=O)C#Cc1ccccc1.Cc1ccc([N+](=O)[O-])c(N2CCN(C(=O)C#Cc3ccccc3)CC2)n1.Cc1cccc(N2CCN(C(=O)C#Cc3ccccc3)CC2)n1. The number of anilines is 4. The third-order valence-electron chi connectivity index (χ3n) is 16.8. The fourth-order valence-corrected chi connectivity index (χ4v) is 11.4. The van der Waals surface area contributed by atoms with E-state index < -0.39 is 9.85 Å². The van der Waals surface area contributed by atoms with E-state index in [-0.39, 0.29) is 47.1 Å². The predicted octanol–water partition coefficient (Wildman–Crippen LogP) is 9.11. The Balaban J connectivity index is 0.000000158. The van der Waals surface area contributed by atoms with E-state index >= 15 is 0 Å². The van der Waals surface area contributed by atoms with Crippen molar-refractivity contribution in [2.24, 2.45) is 0 Å². The summed E-state index contributed by atoms with van der Waals surface area (Å²) in [5.74, 6) is 24.4. The van der Waals surface area contributed by atoms with Gasteiger partial charge in [0.2, 0.25) is 11.6 Å². The Hall–Kier alpha value is -12.9. The highest BCUT2D eigenvalue weighted by atomic mass is 16.6. The normalized spacial score (nSPS) is 15.2. The number of allylic oxidation sites excluding steroid dienone is 1. The lowest BCUT2D eigenvalue weighted by atomic mass is 10.1. The second-order valence-corrected chi connectivity index (χ2v) is 23.9. The van der Waals surface area contributed by atoms with Gasteiger partial charge in [-0.1, -0.05) is 109 Å². The maximum atomic E-state index is 12.6. The summed E-state index contributed by atoms with van der Waals surface area (Å²) < 4.78 is 4.85. The first-order chi connectivity index (χ1) is 49.4. The lowest BCUT2D eigenvalue weighted by molar-refractivity contribution is -0.384. The number of hydrogen-bond acceptors (Lipinski definition) is 18. The lowest BCUT2D eigenvalue weighted by Crippen LogP contribution is -2.58. The molecule has 23 nitrogen and oxygen atoms in total. The Bertz CT molecular complexity index is 4520. The van der Waals surface area contributed by atoms with E-state index in [1.807, 2.05) is 175 Å².